The number of Topliss-reactive ketones (excluding diaryl/α,β-unsaturated/α-hetero) is 1. The molecule has 80 valence electrons. The van der Waals surface area contributed by atoms with E-state index in [1.165, 1.54) is 13.8 Å². The Morgan fingerprint density at radius 2 is 1.73 bits per heavy atom. The minimum Gasteiger partial charge on any atom is -0.325 e. The van der Waals surface area contributed by atoms with E-state index < -0.39 is 0 Å². The summed E-state index contributed by atoms with van der Waals surface area (Å²) in [6.07, 6.45) is 0. The average molecular weight is 335 g/mol. The SMILES string of the molecule is CC(=O)Nc1cc(C(C)=O)c(Br)cc1Br. The molecule has 0 saturated carbocycles. The first-order chi connectivity index (χ1) is 6.91. The fraction of sp³-hybridized carbons (Fsp3) is 0.200. The molecular formula is C10H9Br2NO2. The van der Waals surface area contributed by atoms with Gasteiger partial charge in [0.1, 0.15) is 0 Å². The lowest BCUT2D eigenvalue weighted by Gasteiger charge is -2.08. The Morgan fingerprint density at radius 3 is 2.20 bits per heavy atom. The second-order valence-electron chi connectivity index (χ2n) is 3.05. The standard InChI is InChI=1S/C10H9Br2NO2/c1-5(14)7-3-10(13-6(2)15)9(12)4-8(7)11/h3-4H,1-2H3,(H,13,15). The minimum absolute atomic E-state index is 0.0547. The van der Waals surface area contributed by atoms with Gasteiger partial charge in [-0.15, -0.1) is 0 Å². The Morgan fingerprint density at radius 1 is 1.13 bits per heavy atom. The lowest BCUT2D eigenvalue weighted by atomic mass is 10.1. The third-order valence-electron chi connectivity index (χ3n) is 1.75. The van der Waals surface area contributed by atoms with Gasteiger partial charge in [-0.1, -0.05) is 15.9 Å². The van der Waals surface area contributed by atoms with Gasteiger partial charge in [0.15, 0.2) is 5.78 Å². The fourth-order valence-corrected chi connectivity index (χ4v) is 2.48. The van der Waals surface area contributed by atoms with Crippen molar-refractivity contribution in [1.82, 2.24) is 0 Å². The molecule has 5 heteroatoms. The van der Waals surface area contributed by atoms with Crippen molar-refractivity contribution in [3.63, 3.8) is 0 Å². The van der Waals surface area contributed by atoms with Crippen LogP contribution in [-0.4, -0.2) is 11.7 Å². The van der Waals surface area contributed by atoms with E-state index in [1.54, 1.807) is 12.1 Å². The molecule has 0 saturated heterocycles. The van der Waals surface area contributed by atoms with Gasteiger partial charge in [0.2, 0.25) is 5.91 Å². The maximum atomic E-state index is 11.3. The fourth-order valence-electron chi connectivity index (χ4n) is 1.10. The third kappa shape index (κ3) is 3.14. The van der Waals surface area contributed by atoms with E-state index >= 15 is 0 Å². The van der Waals surface area contributed by atoms with Crippen molar-refractivity contribution in [2.24, 2.45) is 0 Å². The first-order valence-electron chi connectivity index (χ1n) is 4.19. The molecule has 0 radical (unpaired) electrons. The summed E-state index contributed by atoms with van der Waals surface area (Å²) in [7, 11) is 0. The van der Waals surface area contributed by atoms with Crippen LogP contribution in [0.4, 0.5) is 5.69 Å². The van der Waals surface area contributed by atoms with Crippen LogP contribution in [0.3, 0.4) is 0 Å². The van der Waals surface area contributed by atoms with E-state index in [0.29, 0.717) is 15.7 Å². The number of rotatable bonds is 2. The van der Waals surface area contributed by atoms with E-state index in [9.17, 15) is 9.59 Å². The lowest BCUT2D eigenvalue weighted by molar-refractivity contribution is -0.114. The van der Waals surface area contributed by atoms with Gasteiger partial charge in [0.25, 0.3) is 0 Å². The molecule has 0 fully saturated rings. The number of amides is 1. The number of carbonyl (C=O) groups excluding carboxylic acids is 2. The van der Waals surface area contributed by atoms with Crippen LogP contribution < -0.4 is 5.32 Å². The molecule has 15 heavy (non-hydrogen) atoms. The number of benzene rings is 1. The van der Waals surface area contributed by atoms with E-state index in [1.807, 2.05) is 0 Å². The van der Waals surface area contributed by atoms with E-state index in [2.05, 4.69) is 37.2 Å². The highest BCUT2D eigenvalue weighted by Gasteiger charge is 2.10. The number of carbonyl (C=O) groups is 2. The molecule has 1 aromatic rings. The van der Waals surface area contributed by atoms with Gasteiger partial charge in [-0.2, -0.15) is 0 Å². The van der Waals surface area contributed by atoms with Crippen molar-refractivity contribution in [2.45, 2.75) is 13.8 Å². The first-order valence-corrected chi connectivity index (χ1v) is 5.78. The Balaban J connectivity index is 3.23. The van der Waals surface area contributed by atoms with Gasteiger partial charge in [-0.25, -0.2) is 0 Å². The van der Waals surface area contributed by atoms with Crippen LogP contribution in [0.1, 0.15) is 24.2 Å². The smallest absolute Gasteiger partial charge is 0.221 e. The van der Waals surface area contributed by atoms with Gasteiger partial charge in [-0.3, -0.25) is 9.59 Å². The highest BCUT2D eigenvalue weighted by Crippen LogP contribution is 2.30. The van der Waals surface area contributed by atoms with Gasteiger partial charge in [-0.05, 0) is 35.0 Å². The van der Waals surface area contributed by atoms with Crippen LogP contribution >= 0.6 is 31.9 Å². The van der Waals surface area contributed by atoms with Crippen molar-refractivity contribution in [2.75, 3.05) is 5.32 Å². The number of halogens is 2. The third-order valence-corrected chi connectivity index (χ3v) is 3.06. The van der Waals surface area contributed by atoms with Gasteiger partial charge < -0.3 is 5.32 Å². The molecule has 0 aliphatic carbocycles. The molecule has 0 aromatic heterocycles. The normalized spacial score (nSPS) is 9.87. The summed E-state index contributed by atoms with van der Waals surface area (Å²) >= 11 is 6.59. The van der Waals surface area contributed by atoms with Crippen LogP contribution in [0.5, 0.6) is 0 Å². The Bertz CT molecular complexity index is 430. The number of hydrogen-bond donors (Lipinski definition) is 1. The molecule has 0 bridgehead atoms. The predicted molar refractivity (Wildman–Crippen MR) is 66.2 cm³/mol. The van der Waals surface area contributed by atoms with Crippen molar-refractivity contribution in [3.8, 4) is 0 Å². The molecule has 0 unspecified atom stereocenters. The zero-order valence-electron chi connectivity index (χ0n) is 8.23. The summed E-state index contributed by atoms with van der Waals surface area (Å²) < 4.78 is 1.44. The number of nitrogens with one attached hydrogen (secondary N) is 1. The number of ketones is 1. The molecule has 1 rings (SSSR count). The van der Waals surface area contributed by atoms with Crippen molar-refractivity contribution < 1.29 is 9.59 Å². The Kier molecular flexibility index (Phi) is 4.04. The van der Waals surface area contributed by atoms with Crippen LogP contribution in [0, 0.1) is 0 Å². The second kappa shape index (κ2) is 4.90. The monoisotopic (exact) mass is 333 g/mol. The topological polar surface area (TPSA) is 46.2 Å². The van der Waals surface area contributed by atoms with Gasteiger partial charge in [0, 0.05) is 21.4 Å². The molecule has 0 heterocycles. The summed E-state index contributed by atoms with van der Waals surface area (Å²) in [4.78, 5) is 22.2. The van der Waals surface area contributed by atoms with Crippen LogP contribution in [0.15, 0.2) is 21.1 Å². The maximum Gasteiger partial charge on any atom is 0.221 e. The summed E-state index contributed by atoms with van der Waals surface area (Å²) in [5.41, 5.74) is 1.14. The van der Waals surface area contributed by atoms with Gasteiger partial charge >= 0.3 is 0 Å². The Labute approximate surface area is 104 Å². The van der Waals surface area contributed by atoms with Crippen LogP contribution in [-0.2, 0) is 4.79 Å². The molecule has 1 amide bonds. The summed E-state index contributed by atoms with van der Waals surface area (Å²) in [6.45, 7) is 2.90. The number of hydrogen-bond acceptors (Lipinski definition) is 2. The summed E-state index contributed by atoms with van der Waals surface area (Å²) in [6, 6.07) is 3.37. The lowest BCUT2D eigenvalue weighted by Crippen LogP contribution is -2.07. The highest BCUT2D eigenvalue weighted by atomic mass is 79.9. The van der Waals surface area contributed by atoms with E-state index in [0.717, 1.165) is 4.47 Å². The van der Waals surface area contributed by atoms with Crippen LogP contribution in [0.25, 0.3) is 0 Å². The second-order valence-corrected chi connectivity index (χ2v) is 4.76. The van der Waals surface area contributed by atoms with Gasteiger partial charge in [0.05, 0.1) is 5.69 Å². The molecule has 3 nitrogen and oxygen atoms in total. The molecule has 0 aliphatic heterocycles. The predicted octanol–water partition coefficient (Wildman–Crippen LogP) is 3.37. The molecule has 0 spiro atoms. The quantitative estimate of drug-likeness (QED) is 0.843. The largest absolute Gasteiger partial charge is 0.325 e. The number of anilines is 1. The zero-order valence-corrected chi connectivity index (χ0v) is 11.4. The molecule has 0 atom stereocenters. The first kappa shape index (κ1) is 12.4. The molecule has 1 aromatic carbocycles. The van der Waals surface area contributed by atoms with Crippen molar-refractivity contribution >= 4 is 49.2 Å². The molecule has 1 N–H and O–H groups in total. The van der Waals surface area contributed by atoms with E-state index in [-0.39, 0.29) is 11.7 Å². The molecule has 0 aliphatic rings. The zero-order chi connectivity index (χ0) is 11.6. The maximum absolute atomic E-state index is 11.3. The average Bonchev–Trinajstić information content (AvgIpc) is 2.08. The molecular weight excluding hydrogens is 326 g/mol. The van der Waals surface area contributed by atoms with E-state index in [4.69, 9.17) is 0 Å². The highest BCUT2D eigenvalue weighted by molar-refractivity contribution is 9.11. The van der Waals surface area contributed by atoms with Crippen LogP contribution in [0.2, 0.25) is 0 Å². The summed E-state index contributed by atoms with van der Waals surface area (Å²) in [5, 5.41) is 2.64. The minimum atomic E-state index is -0.174. The summed E-state index contributed by atoms with van der Waals surface area (Å²) in [5.74, 6) is -0.228. The van der Waals surface area contributed by atoms with Crippen molar-refractivity contribution in [1.29, 1.82) is 0 Å². The van der Waals surface area contributed by atoms with Crippen molar-refractivity contribution in [3.05, 3.63) is 26.6 Å². The Hall–Kier alpha value is -0.680.